The van der Waals surface area contributed by atoms with Gasteiger partial charge in [0.2, 0.25) is 5.95 Å². The summed E-state index contributed by atoms with van der Waals surface area (Å²) in [5, 5.41) is 7.76. The zero-order chi connectivity index (χ0) is 19.2. The molecule has 0 amide bonds. The summed E-state index contributed by atoms with van der Waals surface area (Å²) in [7, 11) is 3.28. The summed E-state index contributed by atoms with van der Waals surface area (Å²) in [4.78, 5) is 9.28. The average molecular weight is 366 g/mol. The van der Waals surface area contributed by atoms with Crippen molar-refractivity contribution >= 4 is 22.7 Å². The van der Waals surface area contributed by atoms with Gasteiger partial charge in [0.15, 0.2) is 11.5 Å². The van der Waals surface area contributed by atoms with Crippen molar-refractivity contribution < 1.29 is 9.47 Å². The molecule has 0 radical (unpaired) electrons. The predicted octanol–water partition coefficient (Wildman–Crippen LogP) is 4.12. The van der Waals surface area contributed by atoms with E-state index in [0.717, 1.165) is 46.7 Å². The zero-order valence-electron chi connectivity index (χ0n) is 16.2. The molecule has 1 heterocycles. The number of hydrogen-bond donors (Lipinski definition) is 2. The van der Waals surface area contributed by atoms with Gasteiger partial charge in [-0.15, -0.1) is 0 Å². The molecule has 2 aromatic carbocycles. The van der Waals surface area contributed by atoms with E-state index < -0.39 is 0 Å². The van der Waals surface area contributed by atoms with E-state index in [1.165, 1.54) is 0 Å². The Morgan fingerprint density at radius 1 is 0.963 bits per heavy atom. The largest absolute Gasteiger partial charge is 0.493 e. The summed E-state index contributed by atoms with van der Waals surface area (Å²) in [6.07, 6.45) is 0.823. The Hall–Kier alpha value is -3.02. The first-order chi connectivity index (χ1) is 13.1. The van der Waals surface area contributed by atoms with E-state index in [4.69, 9.17) is 9.47 Å². The summed E-state index contributed by atoms with van der Waals surface area (Å²) < 4.78 is 10.6. The van der Waals surface area contributed by atoms with Crippen LogP contribution in [0.4, 0.5) is 11.8 Å². The van der Waals surface area contributed by atoms with Crippen molar-refractivity contribution in [3.05, 3.63) is 48.0 Å². The quantitative estimate of drug-likeness (QED) is 0.625. The number of anilines is 2. The van der Waals surface area contributed by atoms with Crippen molar-refractivity contribution in [2.45, 2.75) is 26.3 Å². The molecule has 0 saturated heterocycles. The molecule has 0 bridgehead atoms. The van der Waals surface area contributed by atoms with Crippen molar-refractivity contribution in [1.29, 1.82) is 0 Å². The lowest BCUT2D eigenvalue weighted by molar-refractivity contribution is 0.354. The van der Waals surface area contributed by atoms with Gasteiger partial charge in [0.1, 0.15) is 5.82 Å². The van der Waals surface area contributed by atoms with Gasteiger partial charge >= 0.3 is 0 Å². The third-order valence-corrected chi connectivity index (χ3v) is 4.17. The summed E-state index contributed by atoms with van der Waals surface area (Å²) in [5.41, 5.74) is 2.07. The third-order valence-electron chi connectivity index (χ3n) is 4.17. The van der Waals surface area contributed by atoms with Crippen LogP contribution in [0.5, 0.6) is 11.5 Å². The van der Waals surface area contributed by atoms with Gasteiger partial charge in [-0.05, 0) is 50.1 Å². The average Bonchev–Trinajstić information content (AvgIpc) is 2.67. The first kappa shape index (κ1) is 18.8. The molecule has 0 aliphatic heterocycles. The van der Waals surface area contributed by atoms with E-state index in [1.54, 1.807) is 14.2 Å². The number of fused-ring (bicyclic) bond motifs is 1. The van der Waals surface area contributed by atoms with Gasteiger partial charge < -0.3 is 20.1 Å². The van der Waals surface area contributed by atoms with Gasteiger partial charge in [0, 0.05) is 18.0 Å². The lowest BCUT2D eigenvalue weighted by Crippen LogP contribution is -2.14. The smallest absolute Gasteiger partial charge is 0.225 e. The Kier molecular flexibility index (Phi) is 5.96. The van der Waals surface area contributed by atoms with Crippen LogP contribution in [0.1, 0.15) is 19.4 Å². The molecular weight excluding hydrogens is 340 g/mol. The fraction of sp³-hybridized carbons (Fsp3) is 0.333. The summed E-state index contributed by atoms with van der Waals surface area (Å²) in [5.74, 6) is 2.94. The van der Waals surface area contributed by atoms with Crippen molar-refractivity contribution in [2.75, 3.05) is 31.4 Å². The number of nitrogens with zero attached hydrogens (tertiary/aromatic N) is 2. The van der Waals surface area contributed by atoms with Crippen LogP contribution in [0.15, 0.2) is 42.5 Å². The molecule has 3 rings (SSSR count). The normalized spacial score (nSPS) is 10.9. The number of hydrogen-bond acceptors (Lipinski definition) is 6. The van der Waals surface area contributed by atoms with E-state index >= 15 is 0 Å². The second-order valence-corrected chi connectivity index (χ2v) is 6.58. The highest BCUT2D eigenvalue weighted by atomic mass is 16.5. The highest BCUT2D eigenvalue weighted by Crippen LogP contribution is 2.28. The Morgan fingerprint density at radius 3 is 2.48 bits per heavy atom. The molecular formula is C21H26N4O2. The second kappa shape index (κ2) is 8.58. The van der Waals surface area contributed by atoms with Gasteiger partial charge in [-0.1, -0.05) is 18.2 Å². The molecule has 6 nitrogen and oxygen atoms in total. The molecule has 3 aromatic rings. The Labute approximate surface area is 159 Å². The van der Waals surface area contributed by atoms with Crippen LogP contribution >= 0.6 is 0 Å². The van der Waals surface area contributed by atoms with E-state index in [0.29, 0.717) is 12.0 Å². The Balaban J connectivity index is 1.73. The second-order valence-electron chi connectivity index (χ2n) is 6.58. The van der Waals surface area contributed by atoms with Gasteiger partial charge in [0.25, 0.3) is 0 Å². The van der Waals surface area contributed by atoms with E-state index in [1.807, 2.05) is 42.5 Å². The van der Waals surface area contributed by atoms with E-state index in [9.17, 15) is 0 Å². The van der Waals surface area contributed by atoms with Crippen molar-refractivity contribution in [1.82, 2.24) is 9.97 Å². The van der Waals surface area contributed by atoms with Gasteiger partial charge in [0.05, 0.1) is 19.7 Å². The SMILES string of the molecule is COc1ccc(CCNc2nc(NC(C)C)c3ccccc3n2)cc1OC. The lowest BCUT2D eigenvalue weighted by Gasteiger charge is -2.14. The Morgan fingerprint density at radius 2 is 1.74 bits per heavy atom. The van der Waals surface area contributed by atoms with Crippen LogP contribution in [-0.4, -0.2) is 36.8 Å². The maximum absolute atomic E-state index is 5.36. The van der Waals surface area contributed by atoms with Crippen LogP contribution in [0, 0.1) is 0 Å². The first-order valence-corrected chi connectivity index (χ1v) is 9.09. The fourth-order valence-electron chi connectivity index (χ4n) is 2.89. The Bertz CT molecular complexity index is 912. The molecule has 0 aliphatic carbocycles. The zero-order valence-corrected chi connectivity index (χ0v) is 16.2. The topological polar surface area (TPSA) is 68.3 Å². The molecule has 0 unspecified atom stereocenters. The van der Waals surface area contributed by atoms with Crippen molar-refractivity contribution in [3.63, 3.8) is 0 Å². The van der Waals surface area contributed by atoms with Gasteiger partial charge in [-0.2, -0.15) is 4.98 Å². The summed E-state index contributed by atoms with van der Waals surface area (Å²) in [6.45, 7) is 4.91. The molecule has 0 aliphatic rings. The molecule has 142 valence electrons. The molecule has 0 fully saturated rings. The van der Waals surface area contributed by atoms with Crippen LogP contribution in [-0.2, 0) is 6.42 Å². The maximum Gasteiger partial charge on any atom is 0.225 e. The van der Waals surface area contributed by atoms with Crippen molar-refractivity contribution in [3.8, 4) is 11.5 Å². The molecule has 0 saturated carbocycles. The minimum absolute atomic E-state index is 0.294. The summed E-state index contributed by atoms with van der Waals surface area (Å²) >= 11 is 0. The third kappa shape index (κ3) is 4.58. The summed E-state index contributed by atoms with van der Waals surface area (Å²) in [6, 6.07) is 14.3. The number of rotatable bonds is 8. The monoisotopic (exact) mass is 366 g/mol. The molecule has 0 spiro atoms. The minimum Gasteiger partial charge on any atom is -0.493 e. The van der Waals surface area contributed by atoms with E-state index in [-0.39, 0.29) is 0 Å². The molecule has 1 aromatic heterocycles. The van der Waals surface area contributed by atoms with Crippen LogP contribution in [0.25, 0.3) is 10.9 Å². The van der Waals surface area contributed by atoms with Crippen LogP contribution < -0.4 is 20.1 Å². The number of aromatic nitrogens is 2. The first-order valence-electron chi connectivity index (χ1n) is 9.09. The van der Waals surface area contributed by atoms with E-state index in [2.05, 4.69) is 34.4 Å². The highest BCUT2D eigenvalue weighted by Gasteiger charge is 2.09. The number of methoxy groups -OCH3 is 2. The van der Waals surface area contributed by atoms with Gasteiger partial charge in [-0.3, -0.25) is 0 Å². The lowest BCUT2D eigenvalue weighted by atomic mass is 10.1. The van der Waals surface area contributed by atoms with Crippen molar-refractivity contribution in [2.24, 2.45) is 0 Å². The number of nitrogens with one attached hydrogen (secondary N) is 2. The highest BCUT2D eigenvalue weighted by molar-refractivity contribution is 5.90. The molecule has 27 heavy (non-hydrogen) atoms. The number of ether oxygens (including phenoxy) is 2. The fourth-order valence-corrected chi connectivity index (χ4v) is 2.89. The number of para-hydroxylation sites is 1. The predicted molar refractivity (Wildman–Crippen MR) is 110 cm³/mol. The maximum atomic E-state index is 5.36. The van der Waals surface area contributed by atoms with Crippen LogP contribution in [0.2, 0.25) is 0 Å². The standard InChI is InChI=1S/C21H26N4O2/c1-14(2)23-20-16-7-5-6-8-17(16)24-21(25-20)22-12-11-15-9-10-18(26-3)19(13-15)27-4/h5-10,13-14H,11-12H2,1-4H3,(H2,22,23,24,25). The minimum atomic E-state index is 0.294. The van der Waals surface area contributed by atoms with Crippen LogP contribution in [0.3, 0.4) is 0 Å². The molecule has 0 atom stereocenters. The molecule has 6 heteroatoms. The van der Waals surface area contributed by atoms with Gasteiger partial charge in [-0.25, -0.2) is 4.98 Å². The number of benzene rings is 2. The molecule has 2 N–H and O–H groups in total.